The van der Waals surface area contributed by atoms with E-state index in [4.69, 9.17) is 0 Å². The predicted octanol–water partition coefficient (Wildman–Crippen LogP) is 3.94. The average Bonchev–Trinajstić information content (AvgIpc) is 2.80. The smallest absolute Gasteiger partial charge is 0.113 e. The van der Waals surface area contributed by atoms with Crippen molar-refractivity contribution in [3.05, 3.63) is 16.6 Å². The van der Waals surface area contributed by atoms with Crippen molar-refractivity contribution in [3.63, 3.8) is 0 Å². The normalized spacial score (nSPS) is 30.1. The van der Waals surface area contributed by atoms with Gasteiger partial charge < -0.3 is 5.32 Å². The highest BCUT2D eigenvalue weighted by Crippen LogP contribution is 2.39. The van der Waals surface area contributed by atoms with Gasteiger partial charge in [0.15, 0.2) is 0 Å². The van der Waals surface area contributed by atoms with Crippen molar-refractivity contribution in [1.82, 2.24) is 10.3 Å². The molecule has 2 atom stereocenters. The molecule has 1 aliphatic rings. The van der Waals surface area contributed by atoms with E-state index >= 15 is 0 Å². The summed E-state index contributed by atoms with van der Waals surface area (Å²) in [7, 11) is 2.10. The third-order valence-corrected chi connectivity index (χ3v) is 5.19. The van der Waals surface area contributed by atoms with Crippen LogP contribution in [0.5, 0.6) is 0 Å². The van der Waals surface area contributed by atoms with Crippen LogP contribution in [0, 0.1) is 5.92 Å². The minimum atomic E-state index is 0.163. The van der Waals surface area contributed by atoms with Gasteiger partial charge in [0, 0.05) is 11.6 Å². The van der Waals surface area contributed by atoms with E-state index in [1.165, 1.54) is 50.0 Å². The third kappa shape index (κ3) is 2.89. The second-order valence-electron chi connectivity index (χ2n) is 5.25. The first-order valence-electron chi connectivity index (χ1n) is 6.89. The number of hydrogen-bond donors (Lipinski definition) is 1. The molecule has 0 aromatic carbocycles. The maximum atomic E-state index is 4.55. The van der Waals surface area contributed by atoms with Crippen molar-refractivity contribution in [2.45, 2.75) is 57.4 Å². The third-order valence-electron chi connectivity index (χ3n) is 4.21. The van der Waals surface area contributed by atoms with E-state index in [0.29, 0.717) is 0 Å². The molecule has 17 heavy (non-hydrogen) atoms. The molecule has 0 bridgehead atoms. The Morgan fingerprint density at radius 2 is 2.35 bits per heavy atom. The fraction of sp³-hybridized carbons (Fsp3) is 0.786. The van der Waals surface area contributed by atoms with Gasteiger partial charge in [0.25, 0.3) is 0 Å². The zero-order valence-corrected chi connectivity index (χ0v) is 11.9. The number of aromatic nitrogens is 1. The maximum absolute atomic E-state index is 4.55. The number of nitrogens with one attached hydrogen (secondary N) is 1. The molecule has 96 valence electrons. The molecule has 1 N–H and O–H groups in total. The molecule has 3 heteroatoms. The summed E-state index contributed by atoms with van der Waals surface area (Å²) in [6.07, 6.45) is 11.3. The van der Waals surface area contributed by atoms with E-state index in [-0.39, 0.29) is 5.54 Å². The molecule has 1 fully saturated rings. The first-order valence-corrected chi connectivity index (χ1v) is 7.77. The number of hydrogen-bond acceptors (Lipinski definition) is 3. The minimum Gasteiger partial charge on any atom is -0.308 e. The van der Waals surface area contributed by atoms with E-state index in [9.17, 15) is 0 Å². The van der Waals surface area contributed by atoms with Gasteiger partial charge in [0.1, 0.15) is 5.01 Å². The molecular weight excluding hydrogens is 228 g/mol. The SMILES string of the molecule is CCCC1CCCC(NC)(c2nccs2)CC1. The minimum absolute atomic E-state index is 0.163. The standard InChI is InChI=1S/C14H24N2S/c1-3-5-12-6-4-8-14(15-2,9-7-12)13-16-10-11-17-13/h10-12,15H,3-9H2,1-2H3. The van der Waals surface area contributed by atoms with Gasteiger partial charge in [-0.3, -0.25) is 0 Å². The summed E-state index contributed by atoms with van der Waals surface area (Å²) >= 11 is 1.80. The Hall–Kier alpha value is -0.410. The van der Waals surface area contributed by atoms with Crippen LogP contribution in [0.1, 0.15) is 56.9 Å². The van der Waals surface area contributed by atoms with Crippen LogP contribution in [0.15, 0.2) is 11.6 Å². The largest absolute Gasteiger partial charge is 0.308 e. The molecule has 1 saturated carbocycles. The van der Waals surface area contributed by atoms with Crippen LogP contribution in [-0.4, -0.2) is 12.0 Å². The summed E-state index contributed by atoms with van der Waals surface area (Å²) < 4.78 is 0. The monoisotopic (exact) mass is 252 g/mol. The zero-order valence-electron chi connectivity index (χ0n) is 11.0. The lowest BCUT2D eigenvalue weighted by Gasteiger charge is -2.30. The van der Waals surface area contributed by atoms with Crippen LogP contribution in [0.3, 0.4) is 0 Å². The van der Waals surface area contributed by atoms with Gasteiger partial charge in [-0.05, 0) is 32.2 Å². The fourth-order valence-electron chi connectivity index (χ4n) is 3.14. The molecule has 0 amide bonds. The van der Waals surface area contributed by atoms with Crippen molar-refractivity contribution in [2.24, 2.45) is 5.92 Å². The van der Waals surface area contributed by atoms with Crippen LogP contribution < -0.4 is 5.32 Å². The topological polar surface area (TPSA) is 24.9 Å². The quantitative estimate of drug-likeness (QED) is 0.821. The highest BCUT2D eigenvalue weighted by atomic mass is 32.1. The number of nitrogens with zero attached hydrogens (tertiary/aromatic N) is 1. The van der Waals surface area contributed by atoms with Crippen molar-refractivity contribution >= 4 is 11.3 Å². The highest BCUT2D eigenvalue weighted by molar-refractivity contribution is 7.09. The Kier molecular flexibility index (Phi) is 4.57. The molecule has 2 rings (SSSR count). The molecule has 1 aromatic rings. The Morgan fingerprint density at radius 3 is 3.00 bits per heavy atom. The van der Waals surface area contributed by atoms with Crippen molar-refractivity contribution in [1.29, 1.82) is 0 Å². The molecule has 0 radical (unpaired) electrons. The molecule has 0 aliphatic heterocycles. The molecule has 0 spiro atoms. The molecule has 1 aliphatic carbocycles. The average molecular weight is 252 g/mol. The van der Waals surface area contributed by atoms with Gasteiger partial charge in [-0.15, -0.1) is 11.3 Å². The van der Waals surface area contributed by atoms with E-state index in [2.05, 4.69) is 29.7 Å². The van der Waals surface area contributed by atoms with Crippen LogP contribution in [0.4, 0.5) is 0 Å². The van der Waals surface area contributed by atoms with Gasteiger partial charge in [-0.1, -0.05) is 32.6 Å². The first-order chi connectivity index (χ1) is 8.30. The van der Waals surface area contributed by atoms with Gasteiger partial charge in [-0.25, -0.2) is 4.98 Å². The van der Waals surface area contributed by atoms with Gasteiger partial charge >= 0.3 is 0 Å². The lowest BCUT2D eigenvalue weighted by atomic mass is 9.89. The van der Waals surface area contributed by atoms with Crippen molar-refractivity contribution < 1.29 is 0 Å². The molecule has 2 nitrogen and oxygen atoms in total. The predicted molar refractivity (Wildman–Crippen MR) is 74.3 cm³/mol. The van der Waals surface area contributed by atoms with Crippen molar-refractivity contribution in [2.75, 3.05) is 7.05 Å². The van der Waals surface area contributed by atoms with E-state index in [0.717, 1.165) is 5.92 Å². The highest BCUT2D eigenvalue weighted by Gasteiger charge is 2.35. The molecule has 1 heterocycles. The summed E-state index contributed by atoms with van der Waals surface area (Å²) in [5, 5.41) is 6.96. The molecule has 1 aromatic heterocycles. The lowest BCUT2D eigenvalue weighted by Crippen LogP contribution is -2.39. The number of rotatable bonds is 4. The summed E-state index contributed by atoms with van der Waals surface area (Å²) in [6.45, 7) is 2.30. The van der Waals surface area contributed by atoms with Crippen LogP contribution in [0.2, 0.25) is 0 Å². The first kappa shape index (κ1) is 13.0. The Morgan fingerprint density at radius 1 is 1.47 bits per heavy atom. The number of thiazole rings is 1. The summed E-state index contributed by atoms with van der Waals surface area (Å²) in [4.78, 5) is 4.55. The summed E-state index contributed by atoms with van der Waals surface area (Å²) in [6, 6.07) is 0. The zero-order chi connectivity index (χ0) is 12.1. The van der Waals surface area contributed by atoms with E-state index in [1.54, 1.807) is 11.3 Å². The lowest BCUT2D eigenvalue weighted by molar-refractivity contribution is 0.305. The summed E-state index contributed by atoms with van der Waals surface area (Å²) in [5.41, 5.74) is 0.163. The van der Waals surface area contributed by atoms with Crippen LogP contribution >= 0.6 is 11.3 Å². The summed E-state index contributed by atoms with van der Waals surface area (Å²) in [5.74, 6) is 0.940. The van der Waals surface area contributed by atoms with Crippen LogP contribution in [-0.2, 0) is 5.54 Å². The van der Waals surface area contributed by atoms with Crippen LogP contribution in [0.25, 0.3) is 0 Å². The second kappa shape index (κ2) is 5.96. The Balaban J connectivity index is 2.09. The van der Waals surface area contributed by atoms with E-state index in [1.807, 2.05) is 6.20 Å². The van der Waals surface area contributed by atoms with E-state index < -0.39 is 0 Å². The maximum Gasteiger partial charge on any atom is 0.113 e. The Bertz CT molecular complexity index is 323. The van der Waals surface area contributed by atoms with Crippen molar-refractivity contribution in [3.8, 4) is 0 Å². The molecular formula is C14H24N2S. The fourth-order valence-corrected chi connectivity index (χ4v) is 4.04. The van der Waals surface area contributed by atoms with Gasteiger partial charge in [0.05, 0.1) is 5.54 Å². The molecule has 0 saturated heterocycles. The molecule has 2 unspecified atom stereocenters. The Labute approximate surface area is 109 Å². The second-order valence-corrected chi connectivity index (χ2v) is 6.15. The van der Waals surface area contributed by atoms with Gasteiger partial charge in [0.2, 0.25) is 0 Å². The van der Waals surface area contributed by atoms with Gasteiger partial charge in [-0.2, -0.15) is 0 Å².